The van der Waals surface area contributed by atoms with Crippen LogP contribution in [0.1, 0.15) is 39.2 Å². The van der Waals surface area contributed by atoms with Gasteiger partial charge >= 0.3 is 0 Å². The van der Waals surface area contributed by atoms with Gasteiger partial charge in [-0.3, -0.25) is 0 Å². The first kappa shape index (κ1) is 15.6. The van der Waals surface area contributed by atoms with Crippen molar-refractivity contribution in [2.24, 2.45) is 11.8 Å². The van der Waals surface area contributed by atoms with Crippen molar-refractivity contribution in [2.75, 3.05) is 13.1 Å². The topological polar surface area (TPSA) is 12.0 Å². The molecule has 0 aliphatic rings. The van der Waals surface area contributed by atoms with Gasteiger partial charge in [-0.25, -0.2) is 4.39 Å². The first-order chi connectivity index (χ1) is 8.43. The lowest BCUT2D eigenvalue weighted by atomic mass is 9.88. The molecular weight excluding hydrogens is 293 g/mol. The molecule has 0 fully saturated rings. The summed E-state index contributed by atoms with van der Waals surface area (Å²) in [5.74, 6) is 1.14. The molecule has 1 aromatic carbocycles. The van der Waals surface area contributed by atoms with Gasteiger partial charge in [0.15, 0.2) is 0 Å². The minimum atomic E-state index is -0.124. The van der Waals surface area contributed by atoms with E-state index in [0.717, 1.165) is 18.7 Å². The van der Waals surface area contributed by atoms with Crippen molar-refractivity contribution in [3.63, 3.8) is 0 Å². The molecule has 2 unspecified atom stereocenters. The van der Waals surface area contributed by atoms with Crippen LogP contribution in [0.4, 0.5) is 4.39 Å². The molecule has 18 heavy (non-hydrogen) atoms. The Bertz CT molecular complexity index is 379. The van der Waals surface area contributed by atoms with Gasteiger partial charge in [0.2, 0.25) is 0 Å². The second-order valence-corrected chi connectivity index (χ2v) is 6.32. The molecule has 0 amide bonds. The van der Waals surface area contributed by atoms with Crippen LogP contribution < -0.4 is 5.32 Å². The summed E-state index contributed by atoms with van der Waals surface area (Å²) in [6.07, 6.45) is 0. The Morgan fingerprint density at radius 1 is 1.17 bits per heavy atom. The van der Waals surface area contributed by atoms with Crippen molar-refractivity contribution >= 4 is 15.9 Å². The molecule has 0 saturated heterocycles. The minimum absolute atomic E-state index is 0.124. The molecule has 3 heteroatoms. The van der Waals surface area contributed by atoms with Crippen molar-refractivity contribution in [2.45, 2.75) is 33.6 Å². The first-order valence-electron chi connectivity index (χ1n) is 6.58. The van der Waals surface area contributed by atoms with Crippen LogP contribution in [0.3, 0.4) is 0 Å². The van der Waals surface area contributed by atoms with Crippen LogP contribution in [0.25, 0.3) is 0 Å². The van der Waals surface area contributed by atoms with E-state index in [1.54, 1.807) is 6.07 Å². The number of hydrogen-bond donors (Lipinski definition) is 1. The van der Waals surface area contributed by atoms with Crippen LogP contribution in [0.2, 0.25) is 0 Å². The first-order valence-corrected chi connectivity index (χ1v) is 7.37. The molecule has 102 valence electrons. The molecule has 1 rings (SSSR count). The van der Waals surface area contributed by atoms with E-state index < -0.39 is 0 Å². The molecule has 0 saturated carbocycles. The maximum Gasteiger partial charge on any atom is 0.140 e. The van der Waals surface area contributed by atoms with Crippen LogP contribution in [0, 0.1) is 17.7 Å². The third kappa shape index (κ3) is 4.36. The van der Waals surface area contributed by atoms with Gasteiger partial charge < -0.3 is 5.32 Å². The Morgan fingerprint density at radius 3 is 2.44 bits per heavy atom. The van der Waals surface area contributed by atoms with Gasteiger partial charge in [-0.05, 0) is 58.4 Å². The highest BCUT2D eigenvalue weighted by molar-refractivity contribution is 9.10. The van der Waals surface area contributed by atoms with Gasteiger partial charge in [0.1, 0.15) is 5.82 Å². The molecular formula is C15H23BrFN. The van der Waals surface area contributed by atoms with Gasteiger partial charge in [0.05, 0.1) is 4.47 Å². The molecule has 0 radical (unpaired) electrons. The molecule has 0 aliphatic carbocycles. The zero-order chi connectivity index (χ0) is 13.7. The highest BCUT2D eigenvalue weighted by Crippen LogP contribution is 2.29. The lowest BCUT2D eigenvalue weighted by Crippen LogP contribution is -2.27. The number of rotatable bonds is 6. The maximum atomic E-state index is 14.0. The second-order valence-electron chi connectivity index (χ2n) is 5.46. The van der Waals surface area contributed by atoms with Crippen LogP contribution in [-0.4, -0.2) is 13.1 Å². The van der Waals surface area contributed by atoms with E-state index in [1.165, 1.54) is 0 Å². The van der Waals surface area contributed by atoms with Gasteiger partial charge in [-0.2, -0.15) is 0 Å². The van der Waals surface area contributed by atoms with Gasteiger partial charge in [0, 0.05) is 0 Å². The summed E-state index contributed by atoms with van der Waals surface area (Å²) in [5.41, 5.74) is 0.795. The lowest BCUT2D eigenvalue weighted by Gasteiger charge is -2.22. The van der Waals surface area contributed by atoms with Crippen molar-refractivity contribution in [1.29, 1.82) is 0 Å². The van der Waals surface area contributed by atoms with Crippen LogP contribution in [0.5, 0.6) is 0 Å². The quantitative estimate of drug-likeness (QED) is 0.810. The number of hydrogen-bond acceptors (Lipinski definition) is 1. The van der Waals surface area contributed by atoms with E-state index in [2.05, 4.69) is 48.9 Å². The molecule has 0 heterocycles. The van der Waals surface area contributed by atoms with E-state index in [9.17, 15) is 4.39 Å². The normalized spacial score (nSPS) is 14.8. The Balaban J connectivity index is 2.62. The van der Waals surface area contributed by atoms with Crippen LogP contribution >= 0.6 is 15.9 Å². The molecule has 0 aliphatic heterocycles. The predicted molar refractivity (Wildman–Crippen MR) is 79.4 cm³/mol. The van der Waals surface area contributed by atoms with Crippen molar-refractivity contribution in [1.82, 2.24) is 5.32 Å². The highest BCUT2D eigenvalue weighted by Gasteiger charge is 2.18. The van der Waals surface area contributed by atoms with Gasteiger partial charge in [-0.1, -0.05) is 39.8 Å². The average molecular weight is 316 g/mol. The average Bonchev–Trinajstić information content (AvgIpc) is 2.31. The fourth-order valence-corrected chi connectivity index (χ4v) is 2.34. The monoisotopic (exact) mass is 315 g/mol. The number of nitrogens with one attached hydrogen (secondary N) is 1. The van der Waals surface area contributed by atoms with E-state index in [-0.39, 0.29) is 11.7 Å². The Hall–Kier alpha value is -0.410. The summed E-state index contributed by atoms with van der Waals surface area (Å²) in [4.78, 5) is 0. The summed E-state index contributed by atoms with van der Waals surface area (Å²) in [6.45, 7) is 10.6. The smallest absolute Gasteiger partial charge is 0.140 e. The van der Waals surface area contributed by atoms with Crippen molar-refractivity contribution in [3.8, 4) is 0 Å². The Morgan fingerprint density at radius 2 is 1.83 bits per heavy atom. The second kappa shape index (κ2) is 7.25. The fourth-order valence-electron chi connectivity index (χ4n) is 1.96. The number of benzene rings is 1. The van der Waals surface area contributed by atoms with E-state index in [4.69, 9.17) is 0 Å². The summed E-state index contributed by atoms with van der Waals surface area (Å²) >= 11 is 3.24. The summed E-state index contributed by atoms with van der Waals surface area (Å²) < 4.78 is 14.5. The lowest BCUT2D eigenvalue weighted by molar-refractivity contribution is 0.418. The maximum absolute atomic E-state index is 14.0. The third-order valence-electron chi connectivity index (χ3n) is 3.34. The Kier molecular flexibility index (Phi) is 6.30. The predicted octanol–water partition coefficient (Wildman–Crippen LogP) is 4.57. The molecule has 1 aromatic rings. The van der Waals surface area contributed by atoms with Crippen LogP contribution in [0.15, 0.2) is 22.7 Å². The number of halogens is 2. The van der Waals surface area contributed by atoms with Crippen molar-refractivity contribution < 1.29 is 4.39 Å². The largest absolute Gasteiger partial charge is 0.316 e. The minimum Gasteiger partial charge on any atom is -0.316 e. The van der Waals surface area contributed by atoms with Crippen LogP contribution in [-0.2, 0) is 0 Å². The SMILES string of the molecule is CC(C)CNCC(C)C(C)c1cccc(Br)c1F. The molecule has 0 spiro atoms. The summed E-state index contributed by atoms with van der Waals surface area (Å²) in [7, 11) is 0. The third-order valence-corrected chi connectivity index (χ3v) is 3.96. The molecule has 1 nitrogen and oxygen atoms in total. The van der Waals surface area contributed by atoms with E-state index in [0.29, 0.717) is 16.3 Å². The molecule has 1 N–H and O–H groups in total. The standard InChI is InChI=1S/C15H23BrFN/c1-10(2)8-18-9-11(3)12(4)13-6-5-7-14(16)15(13)17/h5-7,10-12,18H,8-9H2,1-4H3. The molecule has 0 aromatic heterocycles. The van der Waals surface area contributed by atoms with Gasteiger partial charge in [0.25, 0.3) is 0 Å². The summed E-state index contributed by atoms with van der Waals surface area (Å²) in [6, 6.07) is 5.52. The fraction of sp³-hybridized carbons (Fsp3) is 0.600. The molecule has 2 atom stereocenters. The van der Waals surface area contributed by atoms with E-state index in [1.807, 2.05) is 12.1 Å². The zero-order valence-electron chi connectivity index (χ0n) is 11.6. The highest BCUT2D eigenvalue weighted by atomic mass is 79.9. The van der Waals surface area contributed by atoms with Gasteiger partial charge in [-0.15, -0.1) is 0 Å². The van der Waals surface area contributed by atoms with E-state index >= 15 is 0 Å². The zero-order valence-corrected chi connectivity index (χ0v) is 13.2. The summed E-state index contributed by atoms with van der Waals surface area (Å²) in [5, 5.41) is 3.44. The van der Waals surface area contributed by atoms with Crippen molar-refractivity contribution in [3.05, 3.63) is 34.1 Å². The molecule has 0 bridgehead atoms. The Labute approximate surface area is 118 Å².